The van der Waals surface area contributed by atoms with Gasteiger partial charge in [0.15, 0.2) is 11.5 Å². The predicted molar refractivity (Wildman–Crippen MR) is 277 cm³/mol. The van der Waals surface area contributed by atoms with Crippen LogP contribution in [-0.4, -0.2) is 70.3 Å². The Hall–Kier alpha value is -7.72. The van der Waals surface area contributed by atoms with Crippen LogP contribution in [0.25, 0.3) is 10.8 Å². The van der Waals surface area contributed by atoms with Crippen LogP contribution in [0.15, 0.2) is 163 Å². The first-order valence-corrected chi connectivity index (χ1v) is 25.3. The van der Waals surface area contributed by atoms with Gasteiger partial charge in [0, 0.05) is 49.8 Å². The highest BCUT2D eigenvalue weighted by atomic mass is 16.7. The van der Waals surface area contributed by atoms with Crippen molar-refractivity contribution in [3.05, 3.63) is 185 Å². The van der Waals surface area contributed by atoms with Crippen LogP contribution in [-0.2, 0) is 22.7 Å². The second-order valence-corrected chi connectivity index (χ2v) is 19.1. The quantitative estimate of drug-likeness (QED) is 0.0302. The molecule has 0 bridgehead atoms. The molecule has 0 radical (unpaired) electrons. The maximum absolute atomic E-state index is 15.3. The Labute approximate surface area is 429 Å². The summed E-state index contributed by atoms with van der Waals surface area (Å²) in [4.78, 5) is 34.4. The van der Waals surface area contributed by atoms with Gasteiger partial charge in [0.1, 0.15) is 35.6 Å². The molecule has 15 heteroatoms. The van der Waals surface area contributed by atoms with Crippen LogP contribution in [0.4, 0.5) is 10.5 Å². The zero-order chi connectivity index (χ0) is 51.0. The third kappa shape index (κ3) is 10.5. The molecule has 74 heavy (non-hydrogen) atoms. The molecule has 2 aliphatic carbocycles. The SMILES string of the molecule is C=CCOC12Oc3ccc(Oc4ccc5ccccc5c4)cc3C3C(CCCCO)C(CCCCO)C=C(C(=NOCc4ccccc4)CC1N(Cc1ccc4c(c1)OCO4)C(=O)Oc1ccc([N+](=O)[O-])cc1)C32. The van der Waals surface area contributed by atoms with Crippen molar-refractivity contribution < 1.29 is 53.2 Å². The van der Waals surface area contributed by atoms with Gasteiger partial charge in [-0.15, -0.1) is 6.58 Å². The van der Waals surface area contributed by atoms with Crippen LogP contribution < -0.4 is 23.7 Å². The highest BCUT2D eigenvalue weighted by Gasteiger charge is 2.66. The fraction of sp³-hybridized carbons (Fsp3) is 0.322. The summed E-state index contributed by atoms with van der Waals surface area (Å²) in [5.41, 5.74) is 3.78. The van der Waals surface area contributed by atoms with Gasteiger partial charge in [-0.2, -0.15) is 0 Å². The van der Waals surface area contributed by atoms with E-state index in [4.69, 9.17) is 38.4 Å². The summed E-state index contributed by atoms with van der Waals surface area (Å²) in [7, 11) is 0. The molecule has 2 aliphatic heterocycles. The Morgan fingerprint density at radius 2 is 1.51 bits per heavy atom. The molecule has 2 N–H and O–H groups in total. The number of nitrogens with zero attached hydrogens (tertiary/aromatic N) is 3. The number of oxime groups is 1. The van der Waals surface area contributed by atoms with Crippen LogP contribution in [0.1, 0.15) is 67.6 Å². The molecule has 6 aromatic rings. The Balaban J connectivity index is 1.16. The number of hydrogen-bond donors (Lipinski definition) is 2. The fourth-order valence-corrected chi connectivity index (χ4v) is 11.2. The molecule has 15 nitrogen and oxygen atoms in total. The third-order valence-corrected chi connectivity index (χ3v) is 14.5. The van der Waals surface area contributed by atoms with E-state index in [0.717, 1.165) is 53.2 Å². The summed E-state index contributed by atoms with van der Waals surface area (Å²) in [6, 6.07) is 39.6. The van der Waals surface area contributed by atoms with Gasteiger partial charge in [0.25, 0.3) is 5.69 Å². The number of benzene rings is 6. The number of aliphatic hydroxyl groups is 2. The topological polar surface area (TPSA) is 181 Å². The first-order chi connectivity index (χ1) is 36.2. The number of carbonyl (C=O) groups excluding carboxylic acids is 1. The van der Waals surface area contributed by atoms with Crippen molar-refractivity contribution >= 4 is 28.3 Å². The number of allylic oxidation sites excluding steroid dienone is 1. The summed E-state index contributed by atoms with van der Waals surface area (Å²) in [6.45, 7) is 4.41. The van der Waals surface area contributed by atoms with Crippen LogP contribution in [0.5, 0.6) is 34.5 Å². The highest BCUT2D eigenvalue weighted by molar-refractivity contribution is 6.03. The fourth-order valence-electron chi connectivity index (χ4n) is 11.2. The first-order valence-electron chi connectivity index (χ1n) is 25.3. The van der Waals surface area contributed by atoms with E-state index in [-0.39, 0.29) is 75.4 Å². The molecular weight excluding hydrogens is 943 g/mol. The van der Waals surface area contributed by atoms with Crippen molar-refractivity contribution in [1.29, 1.82) is 0 Å². The molecule has 0 spiro atoms. The van der Waals surface area contributed by atoms with Gasteiger partial charge in [-0.25, -0.2) is 4.79 Å². The van der Waals surface area contributed by atoms with Crippen molar-refractivity contribution in [2.75, 3.05) is 26.6 Å². The molecule has 0 aromatic heterocycles. The molecule has 382 valence electrons. The standard InChI is InChI=1S/C59H59N3O12/c1-2-30-70-59-55(61(36-40-18-26-53-54(31-40)69-38-68-53)58(65)73-45-23-20-44(21-24-45)62(66)67)35-51(60-71-37-39-12-4-3-5-13-39)49-33-43(16-8-10-28-63)48(17-9-11-29-64)56(57(49)59)50-34-47(25-27-52(50)74-59)72-46-22-19-41-14-6-7-15-42(41)32-46/h2-7,12-15,18-27,31-34,43,48,55-57,63-64H,1,8-11,16-17,28-30,35-38H2. The average molecular weight is 1000 g/mol. The predicted octanol–water partition coefficient (Wildman–Crippen LogP) is 11.8. The lowest BCUT2D eigenvalue weighted by molar-refractivity contribution is -0.384. The third-order valence-electron chi connectivity index (χ3n) is 14.5. The molecule has 1 fully saturated rings. The lowest BCUT2D eigenvalue weighted by atomic mass is 9.55. The Morgan fingerprint density at radius 3 is 2.30 bits per heavy atom. The van der Waals surface area contributed by atoms with Gasteiger partial charge in [-0.1, -0.05) is 96.9 Å². The molecule has 6 atom stereocenters. The van der Waals surface area contributed by atoms with E-state index in [0.29, 0.717) is 52.9 Å². The zero-order valence-electron chi connectivity index (χ0n) is 41.0. The number of carbonyl (C=O) groups is 1. The van der Waals surface area contributed by atoms with Crippen molar-refractivity contribution in [2.45, 2.75) is 75.8 Å². The van der Waals surface area contributed by atoms with E-state index in [1.807, 2.05) is 84.9 Å². The molecule has 4 aliphatic rings. The highest BCUT2D eigenvalue weighted by Crippen LogP contribution is 2.62. The first kappa shape index (κ1) is 49.8. The van der Waals surface area contributed by atoms with E-state index in [1.54, 1.807) is 17.0 Å². The normalized spacial score (nSPS) is 21.7. The van der Waals surface area contributed by atoms with Crippen molar-refractivity contribution in [3.63, 3.8) is 0 Å². The minimum atomic E-state index is -1.63. The number of nitro groups is 1. The Morgan fingerprint density at radius 1 is 0.797 bits per heavy atom. The monoisotopic (exact) mass is 1000 g/mol. The van der Waals surface area contributed by atoms with E-state index in [2.05, 4.69) is 30.9 Å². The van der Waals surface area contributed by atoms with Crippen LogP contribution in [0.2, 0.25) is 0 Å². The van der Waals surface area contributed by atoms with E-state index < -0.39 is 28.8 Å². The van der Waals surface area contributed by atoms with Gasteiger partial charge >= 0.3 is 6.09 Å². The molecule has 6 unspecified atom stereocenters. The van der Waals surface area contributed by atoms with Crippen molar-refractivity contribution in [1.82, 2.24) is 4.90 Å². The largest absolute Gasteiger partial charge is 0.459 e. The Kier molecular flexibility index (Phi) is 15.2. The maximum atomic E-state index is 15.3. The second-order valence-electron chi connectivity index (χ2n) is 19.1. The number of non-ortho nitro benzene ring substituents is 1. The van der Waals surface area contributed by atoms with Gasteiger partial charge in [-0.3, -0.25) is 15.0 Å². The van der Waals surface area contributed by atoms with Crippen molar-refractivity contribution in [3.8, 4) is 34.5 Å². The Bertz CT molecular complexity index is 3040. The number of unbranched alkanes of at least 4 members (excludes halogenated alkanes) is 2. The summed E-state index contributed by atoms with van der Waals surface area (Å²) < 4.78 is 39.1. The van der Waals surface area contributed by atoms with Crippen LogP contribution >= 0.6 is 0 Å². The molecular formula is C59H59N3O12. The summed E-state index contributed by atoms with van der Waals surface area (Å²) in [5, 5.41) is 39.0. The number of amides is 1. The van der Waals surface area contributed by atoms with E-state index in [9.17, 15) is 20.3 Å². The number of fused-ring (bicyclic) bond motifs is 4. The zero-order valence-corrected chi connectivity index (χ0v) is 41.0. The van der Waals surface area contributed by atoms with E-state index in [1.165, 1.54) is 24.3 Å². The minimum Gasteiger partial charge on any atom is -0.459 e. The van der Waals surface area contributed by atoms with Crippen molar-refractivity contribution in [2.24, 2.45) is 22.9 Å². The van der Waals surface area contributed by atoms with Gasteiger partial charge in [0.05, 0.1) is 23.2 Å². The summed E-state index contributed by atoms with van der Waals surface area (Å²) >= 11 is 0. The summed E-state index contributed by atoms with van der Waals surface area (Å²) in [6.07, 6.45) is 7.47. The number of nitro benzene ring substituents is 1. The van der Waals surface area contributed by atoms with E-state index >= 15 is 4.79 Å². The molecule has 0 saturated heterocycles. The van der Waals surface area contributed by atoms with Crippen LogP contribution in [0.3, 0.4) is 0 Å². The van der Waals surface area contributed by atoms with Crippen LogP contribution in [0, 0.1) is 27.9 Å². The van der Waals surface area contributed by atoms with Gasteiger partial charge in [-0.05, 0) is 120 Å². The second kappa shape index (κ2) is 22.6. The molecule has 1 amide bonds. The molecule has 1 saturated carbocycles. The molecule has 6 aromatic carbocycles. The van der Waals surface area contributed by atoms with Gasteiger partial charge in [0.2, 0.25) is 12.6 Å². The summed E-state index contributed by atoms with van der Waals surface area (Å²) in [5.74, 6) is 0.307. The number of aliphatic hydroxyl groups excluding tert-OH is 2. The minimum absolute atomic E-state index is 0.0164. The number of ether oxygens (including phenoxy) is 6. The van der Waals surface area contributed by atoms with Gasteiger partial charge < -0.3 is 43.5 Å². The average Bonchev–Trinajstić information content (AvgIpc) is 3.93. The number of hydrogen-bond acceptors (Lipinski definition) is 13. The molecule has 2 heterocycles. The maximum Gasteiger partial charge on any atom is 0.416 e. The number of rotatable bonds is 21. The lowest BCUT2D eigenvalue weighted by Crippen LogP contribution is -2.70. The lowest BCUT2D eigenvalue weighted by Gasteiger charge is -2.59. The molecule has 10 rings (SSSR count). The smallest absolute Gasteiger partial charge is 0.416 e.